The lowest BCUT2D eigenvalue weighted by atomic mass is 10.0. The van der Waals surface area contributed by atoms with Crippen LogP contribution in [0.3, 0.4) is 0 Å². The molecule has 2 saturated heterocycles. The molecule has 4 aromatic rings. The molecule has 2 aliphatic heterocycles. The topological polar surface area (TPSA) is 92.2 Å². The van der Waals surface area contributed by atoms with Crippen LogP contribution in [0.1, 0.15) is 35.8 Å². The summed E-state index contributed by atoms with van der Waals surface area (Å²) < 4.78 is 21.1. The summed E-state index contributed by atoms with van der Waals surface area (Å²) in [5.74, 6) is 0.398. The van der Waals surface area contributed by atoms with Crippen molar-refractivity contribution in [3.63, 3.8) is 0 Å². The molecule has 2 fully saturated rings. The largest absolute Gasteiger partial charge is 0.376 e. The van der Waals surface area contributed by atoms with Gasteiger partial charge in [0.05, 0.1) is 12.6 Å². The van der Waals surface area contributed by atoms with Gasteiger partial charge in [-0.3, -0.25) is 9.69 Å². The lowest BCUT2D eigenvalue weighted by Gasteiger charge is -2.39. The fourth-order valence-corrected chi connectivity index (χ4v) is 5.45. The van der Waals surface area contributed by atoms with E-state index in [9.17, 15) is 9.18 Å². The number of piperazine rings is 1. The molecule has 9 nitrogen and oxygen atoms in total. The number of pyridine rings is 1. The Morgan fingerprint density at radius 2 is 1.92 bits per heavy atom. The minimum absolute atomic E-state index is 0.0655. The van der Waals surface area contributed by atoms with E-state index in [-0.39, 0.29) is 17.5 Å². The fraction of sp³-hybridized carbons (Fsp3) is 0.407. The molecule has 192 valence electrons. The first kappa shape index (κ1) is 23.7. The monoisotopic (exact) mass is 503 g/mol. The van der Waals surface area contributed by atoms with Crippen LogP contribution in [-0.4, -0.2) is 69.0 Å². The highest BCUT2D eigenvalue weighted by Crippen LogP contribution is 2.29. The van der Waals surface area contributed by atoms with E-state index in [1.54, 1.807) is 16.8 Å². The molecule has 10 heteroatoms. The highest BCUT2D eigenvalue weighted by Gasteiger charge is 2.33. The number of nitrogens with zero attached hydrogens (tertiary/aromatic N) is 6. The Kier molecular flexibility index (Phi) is 6.43. The molecular formula is C27H30FN7O2. The molecule has 0 amide bonds. The fourth-order valence-electron chi connectivity index (χ4n) is 5.45. The third kappa shape index (κ3) is 4.86. The summed E-state index contributed by atoms with van der Waals surface area (Å²) in [7, 11) is 0. The second-order valence-corrected chi connectivity index (χ2v) is 9.90. The summed E-state index contributed by atoms with van der Waals surface area (Å²) in [6.07, 6.45) is 2.06. The Hall–Kier alpha value is -3.63. The second-order valence-electron chi connectivity index (χ2n) is 9.90. The van der Waals surface area contributed by atoms with Crippen LogP contribution >= 0.6 is 0 Å². The lowest BCUT2D eigenvalue weighted by Crippen LogP contribution is -2.49. The minimum atomic E-state index is -0.416. The minimum Gasteiger partial charge on any atom is -0.376 e. The smallest absolute Gasteiger partial charge is 0.253 e. The van der Waals surface area contributed by atoms with Crippen molar-refractivity contribution in [3.05, 3.63) is 81.7 Å². The van der Waals surface area contributed by atoms with Crippen LogP contribution in [0, 0.1) is 12.7 Å². The van der Waals surface area contributed by atoms with Gasteiger partial charge in [0.1, 0.15) is 11.9 Å². The van der Waals surface area contributed by atoms with Crippen molar-refractivity contribution in [2.75, 3.05) is 37.7 Å². The molecule has 2 aromatic carbocycles. The number of nitrogens with one attached hydrogen (secondary N) is 1. The zero-order chi connectivity index (χ0) is 25.4. The number of halogens is 1. The predicted octanol–water partition coefficient (Wildman–Crippen LogP) is 3.05. The average Bonchev–Trinajstić information content (AvgIpc) is 3.59. The number of benzene rings is 2. The van der Waals surface area contributed by atoms with Crippen LogP contribution in [0.4, 0.5) is 10.1 Å². The molecule has 0 bridgehead atoms. The van der Waals surface area contributed by atoms with E-state index in [1.165, 1.54) is 12.1 Å². The normalized spacial score (nSPS) is 19.5. The third-order valence-electron chi connectivity index (χ3n) is 7.40. The maximum atomic E-state index is 13.4. The summed E-state index contributed by atoms with van der Waals surface area (Å²) in [6.45, 7) is 6.21. The van der Waals surface area contributed by atoms with E-state index in [0.29, 0.717) is 31.0 Å². The van der Waals surface area contributed by atoms with E-state index in [0.717, 1.165) is 54.7 Å². The van der Waals surface area contributed by atoms with Crippen molar-refractivity contribution >= 4 is 16.6 Å². The highest BCUT2D eigenvalue weighted by molar-refractivity contribution is 5.79. The van der Waals surface area contributed by atoms with Crippen molar-refractivity contribution < 1.29 is 9.13 Å². The summed E-state index contributed by atoms with van der Waals surface area (Å²) in [5, 5.41) is 13.7. The number of tetrazole rings is 1. The molecule has 2 aromatic heterocycles. The van der Waals surface area contributed by atoms with Crippen molar-refractivity contribution in [3.8, 4) is 0 Å². The first-order valence-electron chi connectivity index (χ1n) is 12.8. The maximum absolute atomic E-state index is 13.4. The Morgan fingerprint density at radius 3 is 2.68 bits per heavy atom. The van der Waals surface area contributed by atoms with Crippen molar-refractivity contribution in [2.45, 2.75) is 38.5 Å². The molecule has 1 N–H and O–H groups in total. The number of rotatable bonds is 6. The van der Waals surface area contributed by atoms with Crippen LogP contribution < -0.4 is 10.5 Å². The molecule has 0 radical (unpaired) electrons. The summed E-state index contributed by atoms with van der Waals surface area (Å²) in [5.41, 5.74) is 3.39. The van der Waals surface area contributed by atoms with Crippen LogP contribution in [0.15, 0.2) is 53.3 Å². The van der Waals surface area contributed by atoms with Gasteiger partial charge in [0.25, 0.3) is 5.56 Å². The van der Waals surface area contributed by atoms with Gasteiger partial charge >= 0.3 is 0 Å². The molecule has 4 heterocycles. The Labute approximate surface area is 213 Å². The molecule has 0 unspecified atom stereocenters. The van der Waals surface area contributed by atoms with Crippen molar-refractivity contribution in [2.24, 2.45) is 0 Å². The van der Waals surface area contributed by atoms with E-state index >= 15 is 0 Å². The SMILES string of the molecule is Cc1ccc2[nH]c(=O)c([C@H](c3nnnn3C[C@H]3CCCO3)N3CCN(c4ccc(F)cc4)CC3)cc2c1. The standard InChI is InChI=1S/C27H30FN7O2/c1-18-4-9-24-19(15-18)16-23(27(36)29-24)25(26-30-31-32-35(26)17-22-3-2-14-37-22)34-12-10-33(11-13-34)21-7-5-20(28)6-8-21/h4-9,15-16,22,25H,2-3,10-14,17H2,1H3,(H,29,36)/t22-,25-/m1/s1. The van der Waals surface area contributed by atoms with Crippen LogP contribution in [-0.2, 0) is 11.3 Å². The van der Waals surface area contributed by atoms with Gasteiger partial charge in [0.2, 0.25) is 0 Å². The Morgan fingerprint density at radius 1 is 1.11 bits per heavy atom. The number of fused-ring (bicyclic) bond motifs is 1. The van der Waals surface area contributed by atoms with Gasteiger partial charge in [0, 0.05) is 49.6 Å². The van der Waals surface area contributed by atoms with E-state index in [1.807, 2.05) is 25.1 Å². The van der Waals surface area contributed by atoms with E-state index < -0.39 is 6.04 Å². The summed E-state index contributed by atoms with van der Waals surface area (Å²) in [6, 6.07) is 14.2. The van der Waals surface area contributed by atoms with Gasteiger partial charge in [0.15, 0.2) is 5.82 Å². The first-order chi connectivity index (χ1) is 18.0. The van der Waals surface area contributed by atoms with Crippen molar-refractivity contribution in [1.82, 2.24) is 30.1 Å². The van der Waals surface area contributed by atoms with Crippen LogP contribution in [0.2, 0.25) is 0 Å². The zero-order valence-corrected chi connectivity index (χ0v) is 20.8. The molecule has 6 rings (SSSR count). The van der Waals surface area contributed by atoms with E-state index in [4.69, 9.17) is 4.74 Å². The third-order valence-corrected chi connectivity index (χ3v) is 7.40. The number of aromatic amines is 1. The summed E-state index contributed by atoms with van der Waals surface area (Å²) >= 11 is 0. The van der Waals surface area contributed by atoms with E-state index in [2.05, 4.69) is 36.4 Å². The average molecular weight is 504 g/mol. The van der Waals surface area contributed by atoms with Crippen LogP contribution in [0.5, 0.6) is 0 Å². The highest BCUT2D eigenvalue weighted by atomic mass is 19.1. The number of hydrogen-bond donors (Lipinski definition) is 1. The van der Waals surface area contributed by atoms with Gasteiger partial charge in [-0.2, -0.15) is 0 Å². The first-order valence-corrected chi connectivity index (χ1v) is 12.8. The molecule has 2 atom stereocenters. The molecular weight excluding hydrogens is 473 g/mol. The molecule has 0 aliphatic carbocycles. The molecule has 2 aliphatic rings. The number of aromatic nitrogens is 5. The second kappa shape index (κ2) is 10.0. The van der Waals surface area contributed by atoms with Gasteiger partial charge in [-0.05, 0) is 78.0 Å². The molecule has 0 spiro atoms. The van der Waals surface area contributed by atoms with Gasteiger partial charge in [-0.25, -0.2) is 9.07 Å². The number of anilines is 1. The van der Waals surface area contributed by atoms with Gasteiger partial charge in [-0.1, -0.05) is 11.6 Å². The zero-order valence-electron chi connectivity index (χ0n) is 20.8. The van der Waals surface area contributed by atoms with Crippen LogP contribution in [0.25, 0.3) is 10.9 Å². The molecule has 37 heavy (non-hydrogen) atoms. The summed E-state index contributed by atoms with van der Waals surface area (Å²) in [4.78, 5) is 21.0. The molecule has 0 saturated carbocycles. The van der Waals surface area contributed by atoms with Gasteiger partial charge in [-0.15, -0.1) is 5.10 Å². The Bertz CT molecular complexity index is 1440. The predicted molar refractivity (Wildman–Crippen MR) is 138 cm³/mol. The maximum Gasteiger partial charge on any atom is 0.253 e. The number of ether oxygens (including phenoxy) is 1. The number of aryl methyl sites for hydroxylation is 1. The Balaban J connectivity index is 1.36. The quantitative estimate of drug-likeness (QED) is 0.432. The number of hydrogen-bond acceptors (Lipinski definition) is 7. The lowest BCUT2D eigenvalue weighted by molar-refractivity contribution is 0.0906. The van der Waals surface area contributed by atoms with Gasteiger partial charge < -0.3 is 14.6 Å². The number of H-pyrrole nitrogens is 1. The van der Waals surface area contributed by atoms with Crippen molar-refractivity contribution in [1.29, 1.82) is 0 Å².